The van der Waals surface area contributed by atoms with E-state index in [0.717, 1.165) is 29.8 Å². The molecule has 3 aromatic rings. The van der Waals surface area contributed by atoms with Crippen LogP contribution >= 0.6 is 0 Å². The van der Waals surface area contributed by atoms with Crippen molar-refractivity contribution in [2.24, 2.45) is 0 Å². The van der Waals surface area contributed by atoms with E-state index in [2.05, 4.69) is 22.9 Å². The highest BCUT2D eigenvalue weighted by molar-refractivity contribution is 5.94. The number of nitrogens with zero attached hydrogens (tertiary/aromatic N) is 2. The smallest absolute Gasteiger partial charge is 0.251 e. The van der Waals surface area contributed by atoms with Gasteiger partial charge in [-0.3, -0.25) is 4.79 Å². The van der Waals surface area contributed by atoms with Crippen LogP contribution in [-0.2, 0) is 13.1 Å². The van der Waals surface area contributed by atoms with Crippen LogP contribution in [0.5, 0.6) is 11.5 Å². The number of benzene rings is 2. The Hall–Kier alpha value is -3.02. The van der Waals surface area contributed by atoms with Gasteiger partial charge in [0.15, 0.2) is 11.5 Å². The Morgan fingerprint density at radius 2 is 1.77 bits per heavy atom. The quantitative estimate of drug-likeness (QED) is 0.455. The Bertz CT molecular complexity index is 981. The average molecular weight is 410 g/mol. The van der Waals surface area contributed by atoms with Crippen molar-refractivity contribution in [2.75, 3.05) is 14.2 Å². The van der Waals surface area contributed by atoms with Gasteiger partial charge in [-0.05, 0) is 36.8 Å². The molecule has 0 saturated carbocycles. The largest absolute Gasteiger partial charge is 0.493 e. The van der Waals surface area contributed by atoms with E-state index in [0.29, 0.717) is 23.6 Å². The van der Waals surface area contributed by atoms with Gasteiger partial charge in [-0.1, -0.05) is 44.7 Å². The van der Waals surface area contributed by atoms with Crippen molar-refractivity contribution < 1.29 is 14.3 Å². The summed E-state index contributed by atoms with van der Waals surface area (Å²) >= 11 is 0. The van der Waals surface area contributed by atoms with Crippen molar-refractivity contribution >= 4 is 16.9 Å². The van der Waals surface area contributed by atoms with Gasteiger partial charge in [0.1, 0.15) is 5.82 Å². The third-order valence-electron chi connectivity index (χ3n) is 5.27. The van der Waals surface area contributed by atoms with E-state index in [9.17, 15) is 4.79 Å². The SMILES string of the molecule is CCCCCCCn1c(CNC(=O)c2ccc(OC)c(OC)c2)nc2ccccc21. The predicted molar refractivity (Wildman–Crippen MR) is 119 cm³/mol. The van der Waals surface area contributed by atoms with Gasteiger partial charge in [-0.2, -0.15) is 0 Å². The van der Waals surface area contributed by atoms with E-state index in [1.165, 1.54) is 25.7 Å². The number of para-hydroxylation sites is 2. The number of fused-ring (bicyclic) bond motifs is 1. The molecule has 1 aromatic heterocycles. The summed E-state index contributed by atoms with van der Waals surface area (Å²) in [6.07, 6.45) is 6.09. The fraction of sp³-hybridized carbons (Fsp3) is 0.417. The third-order valence-corrected chi connectivity index (χ3v) is 5.27. The lowest BCUT2D eigenvalue weighted by Crippen LogP contribution is -2.25. The van der Waals surface area contributed by atoms with Crippen molar-refractivity contribution in [3.63, 3.8) is 0 Å². The maximum atomic E-state index is 12.7. The first-order valence-corrected chi connectivity index (χ1v) is 10.6. The second-order valence-corrected chi connectivity index (χ2v) is 7.34. The second kappa shape index (κ2) is 10.7. The number of aryl methyl sites for hydroxylation is 1. The molecule has 0 aliphatic carbocycles. The lowest BCUT2D eigenvalue weighted by Gasteiger charge is -2.12. The van der Waals surface area contributed by atoms with Crippen molar-refractivity contribution in [1.29, 1.82) is 0 Å². The van der Waals surface area contributed by atoms with Gasteiger partial charge >= 0.3 is 0 Å². The van der Waals surface area contributed by atoms with Crippen LogP contribution < -0.4 is 14.8 Å². The van der Waals surface area contributed by atoms with Gasteiger partial charge in [-0.15, -0.1) is 0 Å². The van der Waals surface area contributed by atoms with Crippen LogP contribution in [0.3, 0.4) is 0 Å². The summed E-state index contributed by atoms with van der Waals surface area (Å²) in [6, 6.07) is 13.3. The summed E-state index contributed by atoms with van der Waals surface area (Å²) in [5.74, 6) is 1.83. The van der Waals surface area contributed by atoms with Gasteiger partial charge in [0.2, 0.25) is 0 Å². The Morgan fingerprint density at radius 1 is 1.00 bits per heavy atom. The van der Waals surface area contributed by atoms with Crippen LogP contribution in [0.25, 0.3) is 11.0 Å². The Labute approximate surface area is 178 Å². The van der Waals surface area contributed by atoms with Crippen LogP contribution in [0.2, 0.25) is 0 Å². The van der Waals surface area contributed by atoms with Gasteiger partial charge in [-0.25, -0.2) is 4.98 Å². The molecule has 3 rings (SSSR count). The number of carbonyl (C=O) groups is 1. The molecule has 1 heterocycles. The van der Waals surface area contributed by atoms with E-state index >= 15 is 0 Å². The highest BCUT2D eigenvalue weighted by Crippen LogP contribution is 2.27. The summed E-state index contributed by atoms with van der Waals surface area (Å²) in [7, 11) is 3.13. The summed E-state index contributed by atoms with van der Waals surface area (Å²) in [5.41, 5.74) is 2.60. The number of ether oxygens (including phenoxy) is 2. The number of hydrogen-bond donors (Lipinski definition) is 1. The van der Waals surface area contributed by atoms with Crippen LogP contribution in [-0.4, -0.2) is 29.7 Å². The molecule has 1 amide bonds. The molecule has 2 aromatic carbocycles. The summed E-state index contributed by atoms with van der Waals surface area (Å²) in [5, 5.41) is 3.00. The molecule has 160 valence electrons. The molecule has 1 N–H and O–H groups in total. The number of nitrogens with one attached hydrogen (secondary N) is 1. The molecule has 0 aliphatic rings. The van der Waals surface area contributed by atoms with E-state index in [-0.39, 0.29) is 5.91 Å². The second-order valence-electron chi connectivity index (χ2n) is 7.34. The minimum absolute atomic E-state index is 0.169. The molecule has 0 aliphatic heterocycles. The first-order chi connectivity index (χ1) is 14.7. The topological polar surface area (TPSA) is 65.4 Å². The maximum Gasteiger partial charge on any atom is 0.251 e. The zero-order valence-electron chi connectivity index (χ0n) is 18.1. The first-order valence-electron chi connectivity index (χ1n) is 10.6. The fourth-order valence-corrected chi connectivity index (χ4v) is 3.62. The predicted octanol–water partition coefficient (Wildman–Crippen LogP) is 4.95. The van der Waals surface area contributed by atoms with Crippen molar-refractivity contribution in [1.82, 2.24) is 14.9 Å². The zero-order chi connectivity index (χ0) is 21.3. The molecule has 0 radical (unpaired) electrons. The number of rotatable bonds is 11. The monoisotopic (exact) mass is 409 g/mol. The normalized spacial score (nSPS) is 10.9. The first kappa shape index (κ1) is 21.7. The number of methoxy groups -OCH3 is 2. The summed E-state index contributed by atoms with van der Waals surface area (Å²) in [4.78, 5) is 17.5. The minimum atomic E-state index is -0.169. The standard InChI is InChI=1S/C24H31N3O3/c1-4-5-6-7-10-15-27-20-12-9-8-11-19(20)26-23(27)17-25-24(28)18-13-14-21(29-2)22(16-18)30-3/h8-9,11-14,16H,4-7,10,15,17H2,1-3H3,(H,25,28). The van der Waals surface area contributed by atoms with E-state index in [1.807, 2.05) is 18.2 Å². The van der Waals surface area contributed by atoms with E-state index < -0.39 is 0 Å². The van der Waals surface area contributed by atoms with Gasteiger partial charge < -0.3 is 19.4 Å². The van der Waals surface area contributed by atoms with Crippen molar-refractivity contribution in [3.8, 4) is 11.5 Å². The fourth-order valence-electron chi connectivity index (χ4n) is 3.62. The lowest BCUT2D eigenvalue weighted by atomic mass is 10.1. The molecule has 6 heteroatoms. The van der Waals surface area contributed by atoms with Gasteiger partial charge in [0, 0.05) is 12.1 Å². The van der Waals surface area contributed by atoms with Crippen molar-refractivity contribution in [2.45, 2.75) is 52.1 Å². The lowest BCUT2D eigenvalue weighted by molar-refractivity contribution is 0.0949. The summed E-state index contributed by atoms with van der Waals surface area (Å²) in [6.45, 7) is 3.51. The van der Waals surface area contributed by atoms with E-state index in [1.54, 1.807) is 32.4 Å². The molecule has 0 unspecified atom stereocenters. The van der Waals surface area contributed by atoms with Crippen molar-refractivity contribution in [3.05, 3.63) is 53.9 Å². The Balaban J connectivity index is 1.72. The molecule has 0 fully saturated rings. The van der Waals surface area contributed by atoms with Gasteiger partial charge in [0.05, 0.1) is 31.8 Å². The summed E-state index contributed by atoms with van der Waals surface area (Å²) < 4.78 is 12.8. The maximum absolute atomic E-state index is 12.7. The molecule has 0 spiro atoms. The number of amides is 1. The highest BCUT2D eigenvalue weighted by Gasteiger charge is 2.14. The molecule has 30 heavy (non-hydrogen) atoms. The zero-order valence-corrected chi connectivity index (χ0v) is 18.1. The molecule has 0 bridgehead atoms. The third kappa shape index (κ3) is 5.12. The Morgan fingerprint density at radius 3 is 2.53 bits per heavy atom. The number of aromatic nitrogens is 2. The minimum Gasteiger partial charge on any atom is -0.493 e. The highest BCUT2D eigenvalue weighted by atomic mass is 16.5. The molecule has 0 atom stereocenters. The molecule has 0 saturated heterocycles. The molecule has 6 nitrogen and oxygen atoms in total. The Kier molecular flexibility index (Phi) is 7.71. The van der Waals surface area contributed by atoms with Crippen LogP contribution in [0.15, 0.2) is 42.5 Å². The molecular formula is C24H31N3O3. The molecular weight excluding hydrogens is 378 g/mol. The number of imidazole rings is 1. The van der Waals surface area contributed by atoms with Gasteiger partial charge in [0.25, 0.3) is 5.91 Å². The van der Waals surface area contributed by atoms with Crippen LogP contribution in [0.1, 0.15) is 55.2 Å². The number of unbranched alkanes of at least 4 members (excludes halogenated alkanes) is 4. The van der Waals surface area contributed by atoms with E-state index in [4.69, 9.17) is 14.5 Å². The number of carbonyl (C=O) groups excluding carboxylic acids is 1. The van der Waals surface area contributed by atoms with Crippen LogP contribution in [0, 0.1) is 0 Å². The average Bonchev–Trinajstić information content (AvgIpc) is 3.14. The number of hydrogen-bond acceptors (Lipinski definition) is 4. The van der Waals surface area contributed by atoms with Crippen LogP contribution in [0.4, 0.5) is 0 Å².